The Kier molecular flexibility index (Phi) is 19.2. The van der Waals surface area contributed by atoms with Crippen LogP contribution in [0.15, 0.2) is 0 Å². The van der Waals surface area contributed by atoms with E-state index in [9.17, 15) is 17.8 Å². The molecule has 0 spiro atoms. The molecule has 0 aromatic carbocycles. The van der Waals surface area contributed by atoms with Crippen molar-refractivity contribution in [1.82, 2.24) is 0 Å². The molecule has 0 N–H and O–H groups in total. The zero-order valence-corrected chi connectivity index (χ0v) is 17.7. The predicted octanol–water partition coefficient (Wildman–Crippen LogP) is 1.48. The number of unbranched alkanes of at least 4 members (excludes halogenated alkanes) is 12. The summed E-state index contributed by atoms with van der Waals surface area (Å²) in [6.07, 6.45) is 15.5. The molecule has 7 heteroatoms. The summed E-state index contributed by atoms with van der Waals surface area (Å²) in [7, 11) is -4.89. The number of rotatable bonds is 15. The molecule has 0 aliphatic carbocycles. The van der Waals surface area contributed by atoms with E-state index in [1.165, 1.54) is 57.8 Å². The van der Waals surface area contributed by atoms with E-state index < -0.39 is 16.4 Å². The Hall–Kier alpha value is 0.380. The van der Waals surface area contributed by atoms with Crippen LogP contribution < -0.4 is 29.6 Å². The van der Waals surface area contributed by atoms with Crippen LogP contribution in [0.2, 0.25) is 0 Å². The van der Waals surface area contributed by atoms with Crippen molar-refractivity contribution in [1.29, 1.82) is 0 Å². The van der Waals surface area contributed by atoms with Gasteiger partial charge in [-0.25, -0.2) is 8.42 Å². The van der Waals surface area contributed by atoms with Crippen molar-refractivity contribution in [3.63, 3.8) is 0 Å². The van der Waals surface area contributed by atoms with Gasteiger partial charge in [-0.2, -0.15) is 0 Å². The summed E-state index contributed by atoms with van der Waals surface area (Å²) in [5.41, 5.74) is 0. The number of carbonyl (C=O) groups excluding carboxylic acids is 1. The van der Waals surface area contributed by atoms with E-state index in [-0.39, 0.29) is 36.0 Å². The molecule has 0 aromatic heterocycles. The van der Waals surface area contributed by atoms with Gasteiger partial charge in [0.25, 0.3) is 10.4 Å². The Morgan fingerprint density at radius 2 is 1.13 bits per heavy atom. The zero-order valence-electron chi connectivity index (χ0n) is 14.8. The molecule has 132 valence electrons. The molecular weight excluding hydrogens is 327 g/mol. The maximum Gasteiger partial charge on any atom is 1.00 e. The number of hydrogen-bond donors (Lipinski definition) is 0. The summed E-state index contributed by atoms with van der Waals surface area (Å²) < 4.78 is 34.3. The molecule has 0 saturated heterocycles. The van der Waals surface area contributed by atoms with Gasteiger partial charge in [0.1, 0.15) is 0 Å². The normalized spacial score (nSPS) is 11.0. The molecule has 0 aliphatic rings. The van der Waals surface area contributed by atoms with Crippen LogP contribution in [0.1, 0.15) is 96.8 Å². The van der Waals surface area contributed by atoms with Gasteiger partial charge in [0.05, 0.1) is 0 Å². The fourth-order valence-electron chi connectivity index (χ4n) is 2.44. The largest absolute Gasteiger partial charge is 1.00 e. The van der Waals surface area contributed by atoms with E-state index in [4.69, 9.17) is 0 Å². The maximum absolute atomic E-state index is 11.0. The van der Waals surface area contributed by atoms with Gasteiger partial charge in [-0.3, -0.25) is 4.79 Å². The predicted molar refractivity (Wildman–Crippen MR) is 86.1 cm³/mol. The van der Waals surface area contributed by atoms with Crippen molar-refractivity contribution in [2.45, 2.75) is 96.8 Å². The van der Waals surface area contributed by atoms with Crippen molar-refractivity contribution in [2.24, 2.45) is 0 Å². The minimum atomic E-state index is -4.89. The van der Waals surface area contributed by atoms with Crippen LogP contribution in [0.4, 0.5) is 0 Å². The van der Waals surface area contributed by atoms with Crippen molar-refractivity contribution in [2.75, 3.05) is 0 Å². The smallest absolute Gasteiger partial charge is 0.716 e. The van der Waals surface area contributed by atoms with Crippen LogP contribution in [-0.4, -0.2) is 18.9 Å². The molecule has 0 aromatic rings. The maximum atomic E-state index is 11.0. The van der Waals surface area contributed by atoms with Gasteiger partial charge in [-0.1, -0.05) is 84.0 Å². The van der Waals surface area contributed by atoms with E-state index in [1.807, 2.05) is 0 Å². The van der Waals surface area contributed by atoms with Crippen molar-refractivity contribution >= 4 is 16.4 Å². The molecule has 0 amide bonds. The number of carbonyl (C=O) groups is 1. The molecule has 0 radical (unpaired) electrons. The molecule has 0 aliphatic heterocycles. The van der Waals surface area contributed by atoms with Crippen LogP contribution in [0.25, 0.3) is 0 Å². The van der Waals surface area contributed by atoms with Crippen LogP contribution in [-0.2, 0) is 19.4 Å². The second-order valence-electron chi connectivity index (χ2n) is 5.86. The Balaban J connectivity index is 0. The van der Waals surface area contributed by atoms with Crippen molar-refractivity contribution in [3.8, 4) is 0 Å². The molecule has 0 bridgehead atoms. The summed E-state index contributed by atoms with van der Waals surface area (Å²) in [6.45, 7) is 2.23. The fourth-order valence-corrected chi connectivity index (χ4v) is 2.75. The van der Waals surface area contributed by atoms with Crippen molar-refractivity contribution < 1.29 is 51.5 Å². The summed E-state index contributed by atoms with van der Waals surface area (Å²) >= 11 is 0. The SMILES string of the molecule is CCCCCCCCCCCCCCCC(=O)OS(=O)(=O)[O-].[Na+]. The Labute approximate surface area is 164 Å². The average molecular weight is 358 g/mol. The minimum Gasteiger partial charge on any atom is -0.716 e. The van der Waals surface area contributed by atoms with Gasteiger partial charge in [0.2, 0.25) is 0 Å². The first-order chi connectivity index (χ1) is 10.5. The second kappa shape index (κ2) is 17.2. The van der Waals surface area contributed by atoms with Gasteiger partial charge in [-0.05, 0) is 6.42 Å². The van der Waals surface area contributed by atoms with E-state index in [2.05, 4.69) is 11.1 Å². The van der Waals surface area contributed by atoms with E-state index in [0.29, 0.717) is 6.42 Å². The molecule has 0 atom stereocenters. The summed E-state index contributed by atoms with van der Waals surface area (Å²) in [5, 5.41) is 0. The molecular formula is C16H31NaO5S. The first-order valence-corrected chi connectivity index (χ1v) is 9.97. The van der Waals surface area contributed by atoms with Gasteiger partial charge >= 0.3 is 35.5 Å². The Morgan fingerprint density at radius 3 is 1.48 bits per heavy atom. The monoisotopic (exact) mass is 358 g/mol. The molecule has 0 fully saturated rings. The minimum absolute atomic E-state index is 0. The Bertz CT molecular complexity index is 371. The van der Waals surface area contributed by atoms with Gasteiger partial charge < -0.3 is 8.74 Å². The molecule has 0 saturated carbocycles. The van der Waals surface area contributed by atoms with Crippen LogP contribution in [0.5, 0.6) is 0 Å². The van der Waals surface area contributed by atoms with Gasteiger partial charge in [0.15, 0.2) is 0 Å². The molecule has 0 unspecified atom stereocenters. The van der Waals surface area contributed by atoms with E-state index in [1.54, 1.807) is 0 Å². The number of hydrogen-bond acceptors (Lipinski definition) is 5. The second-order valence-corrected chi connectivity index (χ2v) is 6.84. The topological polar surface area (TPSA) is 83.5 Å². The molecule has 0 heterocycles. The Morgan fingerprint density at radius 1 is 0.783 bits per heavy atom. The standard InChI is InChI=1S/C16H32O5S.Na/c1-2-3-4-5-6-7-8-9-10-11-12-13-14-15-16(17)21-22(18,19)20;/h2-15H2,1H3,(H,18,19,20);/q;+1/p-1. The first-order valence-electron chi connectivity index (χ1n) is 8.64. The fraction of sp³-hybridized carbons (Fsp3) is 0.938. The van der Waals surface area contributed by atoms with Crippen LogP contribution in [0, 0.1) is 0 Å². The van der Waals surface area contributed by atoms with E-state index >= 15 is 0 Å². The van der Waals surface area contributed by atoms with Gasteiger partial charge in [0, 0.05) is 6.42 Å². The average Bonchev–Trinajstić information content (AvgIpc) is 2.42. The van der Waals surface area contributed by atoms with E-state index in [0.717, 1.165) is 19.3 Å². The zero-order chi connectivity index (χ0) is 16.7. The third-order valence-electron chi connectivity index (χ3n) is 3.68. The summed E-state index contributed by atoms with van der Waals surface area (Å²) in [5.74, 6) is -0.946. The molecule has 0 rings (SSSR count). The van der Waals surface area contributed by atoms with Crippen molar-refractivity contribution in [3.05, 3.63) is 0 Å². The van der Waals surface area contributed by atoms with Crippen LogP contribution >= 0.6 is 0 Å². The first kappa shape index (κ1) is 25.6. The third kappa shape index (κ3) is 22.4. The quantitative estimate of drug-likeness (QED) is 0.192. The molecule has 23 heavy (non-hydrogen) atoms. The van der Waals surface area contributed by atoms with Gasteiger partial charge in [-0.15, -0.1) is 0 Å². The molecule has 5 nitrogen and oxygen atoms in total. The third-order valence-corrected chi connectivity index (χ3v) is 4.07. The van der Waals surface area contributed by atoms with Crippen LogP contribution in [0.3, 0.4) is 0 Å². The summed E-state index contributed by atoms with van der Waals surface area (Å²) in [6, 6.07) is 0. The summed E-state index contributed by atoms with van der Waals surface area (Å²) in [4.78, 5) is 11.0.